The molecule has 0 saturated heterocycles. The van der Waals surface area contributed by atoms with Crippen LogP contribution < -0.4 is 16.0 Å². The highest BCUT2D eigenvalue weighted by Gasteiger charge is 2.18. The summed E-state index contributed by atoms with van der Waals surface area (Å²) in [5, 5.41) is 1.12. The Morgan fingerprint density at radius 3 is 2.74 bits per heavy atom. The largest absolute Gasteiger partial charge is 0.481 e. The maximum absolute atomic E-state index is 6.16. The maximum atomic E-state index is 6.16. The number of hydrazine groups is 1. The molecule has 3 N–H and O–H groups in total. The van der Waals surface area contributed by atoms with Gasteiger partial charge in [-0.1, -0.05) is 23.2 Å². The fourth-order valence-corrected chi connectivity index (χ4v) is 2.10. The summed E-state index contributed by atoms with van der Waals surface area (Å²) in [6.45, 7) is 0. The van der Waals surface area contributed by atoms with Crippen molar-refractivity contribution in [2.75, 3.05) is 7.11 Å². The third-order valence-electron chi connectivity index (χ3n) is 2.60. The molecule has 1 atom stereocenters. The van der Waals surface area contributed by atoms with Crippen LogP contribution in [0.25, 0.3) is 0 Å². The molecule has 0 aliphatic heterocycles. The lowest BCUT2D eigenvalue weighted by molar-refractivity contribution is 0.395. The Kier molecular flexibility index (Phi) is 4.55. The average molecular weight is 299 g/mol. The van der Waals surface area contributed by atoms with E-state index < -0.39 is 6.04 Å². The van der Waals surface area contributed by atoms with Crippen LogP contribution in [0.3, 0.4) is 0 Å². The number of rotatable bonds is 4. The smallest absolute Gasteiger partial charge is 0.216 e. The van der Waals surface area contributed by atoms with Crippen LogP contribution >= 0.6 is 23.2 Å². The van der Waals surface area contributed by atoms with Gasteiger partial charge < -0.3 is 4.74 Å². The molecule has 1 aromatic carbocycles. The Morgan fingerprint density at radius 1 is 1.26 bits per heavy atom. The molecule has 0 radical (unpaired) electrons. The van der Waals surface area contributed by atoms with E-state index in [1.165, 1.54) is 13.4 Å². The fourth-order valence-electron chi connectivity index (χ4n) is 1.69. The van der Waals surface area contributed by atoms with Gasteiger partial charge in [0.2, 0.25) is 5.88 Å². The van der Waals surface area contributed by atoms with Crippen molar-refractivity contribution in [1.29, 1.82) is 0 Å². The second-order valence-corrected chi connectivity index (χ2v) is 4.59. The molecule has 1 aromatic heterocycles. The number of ether oxygens (including phenoxy) is 1. The lowest BCUT2D eigenvalue weighted by Crippen LogP contribution is -2.29. The zero-order chi connectivity index (χ0) is 13.8. The summed E-state index contributed by atoms with van der Waals surface area (Å²) in [6, 6.07) is 6.44. The number of nitrogens with two attached hydrogens (primary N) is 1. The summed E-state index contributed by atoms with van der Waals surface area (Å²) in [7, 11) is 1.53. The molecule has 100 valence electrons. The van der Waals surface area contributed by atoms with Gasteiger partial charge in [-0.15, -0.1) is 0 Å². The molecule has 0 fully saturated rings. The van der Waals surface area contributed by atoms with Crippen molar-refractivity contribution in [2.45, 2.75) is 6.04 Å². The maximum Gasteiger partial charge on any atom is 0.216 e. The average Bonchev–Trinajstić information content (AvgIpc) is 2.44. The van der Waals surface area contributed by atoms with Crippen LogP contribution in [-0.2, 0) is 0 Å². The van der Waals surface area contributed by atoms with Crippen molar-refractivity contribution in [3.05, 3.63) is 51.9 Å². The molecule has 1 unspecified atom stereocenters. The first-order valence-electron chi connectivity index (χ1n) is 5.42. The number of halogens is 2. The third-order valence-corrected chi connectivity index (χ3v) is 3.18. The van der Waals surface area contributed by atoms with Crippen LogP contribution in [0.5, 0.6) is 5.88 Å². The van der Waals surface area contributed by atoms with Crippen molar-refractivity contribution < 1.29 is 4.74 Å². The number of hydrogen-bond acceptors (Lipinski definition) is 5. The second kappa shape index (κ2) is 6.16. The molecule has 0 bridgehead atoms. The monoisotopic (exact) mass is 298 g/mol. The number of hydrogen-bond donors (Lipinski definition) is 2. The standard InChI is InChI=1S/C12H12Cl2N4O/c1-19-11-5-10(16-6-17-11)12(18-15)8-4-7(13)2-3-9(8)14/h2-6,12,18H,15H2,1H3. The first kappa shape index (κ1) is 14.0. The predicted molar refractivity (Wildman–Crippen MR) is 74.2 cm³/mol. The molecule has 2 aromatic rings. The van der Waals surface area contributed by atoms with Crippen molar-refractivity contribution >= 4 is 23.2 Å². The van der Waals surface area contributed by atoms with E-state index in [0.29, 0.717) is 21.6 Å². The van der Waals surface area contributed by atoms with E-state index in [1.807, 2.05) is 0 Å². The van der Waals surface area contributed by atoms with E-state index in [2.05, 4.69) is 15.4 Å². The number of nitrogens with zero attached hydrogens (tertiary/aromatic N) is 2. The minimum absolute atomic E-state index is 0.400. The SMILES string of the molecule is COc1cc(C(NN)c2cc(Cl)ccc2Cl)ncn1. The number of nitrogens with one attached hydrogen (secondary N) is 1. The Hall–Kier alpha value is -1.40. The summed E-state index contributed by atoms with van der Waals surface area (Å²) in [6.07, 6.45) is 1.40. The molecular formula is C12H12Cl2N4O. The van der Waals surface area contributed by atoms with Gasteiger partial charge in [-0.3, -0.25) is 5.84 Å². The Bertz CT molecular complexity index is 579. The quantitative estimate of drug-likeness (QED) is 0.669. The highest BCUT2D eigenvalue weighted by Crippen LogP contribution is 2.30. The molecular weight excluding hydrogens is 287 g/mol. The van der Waals surface area contributed by atoms with Gasteiger partial charge >= 0.3 is 0 Å². The van der Waals surface area contributed by atoms with Crippen LogP contribution in [0.15, 0.2) is 30.6 Å². The van der Waals surface area contributed by atoms with Gasteiger partial charge in [0.05, 0.1) is 18.8 Å². The lowest BCUT2D eigenvalue weighted by Gasteiger charge is -2.17. The molecule has 19 heavy (non-hydrogen) atoms. The summed E-state index contributed by atoms with van der Waals surface area (Å²) in [5.74, 6) is 6.04. The molecule has 0 spiro atoms. The second-order valence-electron chi connectivity index (χ2n) is 3.75. The van der Waals surface area contributed by atoms with Gasteiger partial charge in [-0.05, 0) is 23.8 Å². The molecule has 2 rings (SSSR count). The lowest BCUT2D eigenvalue weighted by atomic mass is 10.0. The van der Waals surface area contributed by atoms with Gasteiger partial charge in [0.25, 0.3) is 0 Å². The molecule has 0 aliphatic carbocycles. The van der Waals surface area contributed by atoms with E-state index in [4.69, 9.17) is 33.8 Å². The molecule has 5 nitrogen and oxygen atoms in total. The van der Waals surface area contributed by atoms with E-state index in [0.717, 1.165) is 5.56 Å². The van der Waals surface area contributed by atoms with Crippen LogP contribution in [0.2, 0.25) is 10.0 Å². The molecule has 0 saturated carbocycles. The normalized spacial score (nSPS) is 12.2. The predicted octanol–water partition coefficient (Wildman–Crippen LogP) is 2.34. The highest BCUT2D eigenvalue weighted by molar-refractivity contribution is 6.33. The van der Waals surface area contributed by atoms with Crippen molar-refractivity contribution in [3.8, 4) is 5.88 Å². The number of aromatic nitrogens is 2. The Morgan fingerprint density at radius 2 is 2.05 bits per heavy atom. The molecule has 0 amide bonds. The van der Waals surface area contributed by atoms with E-state index in [1.54, 1.807) is 24.3 Å². The Balaban J connectivity index is 2.46. The topological polar surface area (TPSA) is 73.1 Å². The van der Waals surface area contributed by atoms with E-state index in [-0.39, 0.29) is 0 Å². The van der Waals surface area contributed by atoms with Gasteiger partial charge in [0.15, 0.2) is 0 Å². The van der Waals surface area contributed by atoms with Crippen molar-refractivity contribution in [3.63, 3.8) is 0 Å². The third kappa shape index (κ3) is 3.13. The first-order valence-corrected chi connectivity index (χ1v) is 6.18. The molecule has 7 heteroatoms. The van der Waals surface area contributed by atoms with Crippen LogP contribution in [0.1, 0.15) is 17.3 Å². The zero-order valence-corrected chi connectivity index (χ0v) is 11.6. The van der Waals surface area contributed by atoms with Gasteiger partial charge in [-0.2, -0.15) is 0 Å². The Labute approximate surface area is 120 Å². The summed E-state index contributed by atoms with van der Waals surface area (Å²) < 4.78 is 5.06. The van der Waals surface area contributed by atoms with Crippen molar-refractivity contribution in [2.24, 2.45) is 5.84 Å². The van der Waals surface area contributed by atoms with Crippen LogP contribution in [0.4, 0.5) is 0 Å². The van der Waals surface area contributed by atoms with Gasteiger partial charge in [0, 0.05) is 16.1 Å². The van der Waals surface area contributed by atoms with E-state index >= 15 is 0 Å². The molecule has 1 heterocycles. The fraction of sp³-hybridized carbons (Fsp3) is 0.167. The summed E-state index contributed by atoms with van der Waals surface area (Å²) in [5.41, 5.74) is 4.04. The van der Waals surface area contributed by atoms with Crippen LogP contribution in [0, 0.1) is 0 Å². The summed E-state index contributed by atoms with van der Waals surface area (Å²) >= 11 is 12.1. The van der Waals surface area contributed by atoms with Crippen molar-refractivity contribution in [1.82, 2.24) is 15.4 Å². The van der Waals surface area contributed by atoms with Gasteiger partial charge in [-0.25, -0.2) is 15.4 Å². The van der Waals surface area contributed by atoms with Crippen LogP contribution in [-0.4, -0.2) is 17.1 Å². The van der Waals surface area contributed by atoms with E-state index in [9.17, 15) is 0 Å². The van der Waals surface area contributed by atoms with Gasteiger partial charge in [0.1, 0.15) is 6.33 Å². The number of benzene rings is 1. The minimum Gasteiger partial charge on any atom is -0.481 e. The zero-order valence-electron chi connectivity index (χ0n) is 10.1. The highest BCUT2D eigenvalue weighted by atomic mass is 35.5. The molecule has 0 aliphatic rings. The number of methoxy groups -OCH3 is 1. The first-order chi connectivity index (χ1) is 9.15. The summed E-state index contributed by atoms with van der Waals surface area (Å²) in [4.78, 5) is 8.12. The minimum atomic E-state index is -0.400.